The van der Waals surface area contributed by atoms with Gasteiger partial charge in [0.1, 0.15) is 10.6 Å². The Morgan fingerprint density at radius 2 is 2.13 bits per heavy atom. The second kappa shape index (κ2) is 11.3. The second-order valence-electron chi connectivity index (χ2n) is 7.16. The van der Waals surface area contributed by atoms with Crippen molar-refractivity contribution in [1.82, 2.24) is 9.55 Å². The Bertz CT molecular complexity index is 1120. The smallest absolute Gasteiger partial charge is 0.348 e. The van der Waals surface area contributed by atoms with Crippen molar-refractivity contribution in [3.8, 4) is 0 Å². The van der Waals surface area contributed by atoms with Crippen LogP contribution in [-0.2, 0) is 11.3 Å². The fourth-order valence-electron chi connectivity index (χ4n) is 3.43. The number of fused-ring (bicyclic) bond motifs is 1. The van der Waals surface area contributed by atoms with Crippen LogP contribution in [0.25, 0.3) is 21.5 Å². The summed E-state index contributed by atoms with van der Waals surface area (Å²) in [5, 5.41) is 5.52. The maximum absolute atomic E-state index is 13.3. The number of esters is 1. The molecule has 2 heterocycles. The Morgan fingerprint density at radius 3 is 2.87 bits per heavy atom. The Kier molecular flexibility index (Phi) is 8.20. The third-order valence-corrected chi connectivity index (χ3v) is 5.87. The van der Waals surface area contributed by atoms with Crippen molar-refractivity contribution < 1.29 is 9.53 Å². The molecule has 3 rings (SSSR count). The van der Waals surface area contributed by atoms with E-state index in [0.29, 0.717) is 30.0 Å². The van der Waals surface area contributed by atoms with E-state index in [1.54, 1.807) is 16.7 Å². The number of azide groups is 1. The zero-order valence-corrected chi connectivity index (χ0v) is 18.3. The number of aromatic nitrogens is 2. The predicted molar refractivity (Wildman–Crippen MR) is 122 cm³/mol. The van der Waals surface area contributed by atoms with E-state index in [-0.39, 0.29) is 30.6 Å². The quantitative estimate of drug-likeness (QED) is 0.133. The van der Waals surface area contributed by atoms with E-state index in [9.17, 15) is 9.59 Å². The van der Waals surface area contributed by atoms with Crippen molar-refractivity contribution in [3.05, 3.63) is 73.1 Å². The molecule has 0 fully saturated rings. The van der Waals surface area contributed by atoms with Gasteiger partial charge in [0.05, 0.1) is 17.6 Å². The molecule has 0 saturated carbocycles. The molecule has 0 saturated heterocycles. The van der Waals surface area contributed by atoms with E-state index in [4.69, 9.17) is 10.3 Å². The largest absolute Gasteiger partial charge is 0.462 e. The predicted octanol–water partition coefficient (Wildman–Crippen LogP) is 5.29. The molecule has 3 aromatic rings. The topological polar surface area (TPSA) is 110 Å². The van der Waals surface area contributed by atoms with Crippen molar-refractivity contribution in [2.75, 3.05) is 13.2 Å². The third-order valence-electron chi connectivity index (χ3n) is 5.02. The van der Waals surface area contributed by atoms with Crippen molar-refractivity contribution in [2.24, 2.45) is 5.11 Å². The molecule has 2 aromatic heterocycles. The number of carbonyl (C=O) groups is 1. The lowest BCUT2D eigenvalue weighted by molar-refractivity contribution is 0.0502. The highest BCUT2D eigenvalue weighted by Gasteiger charge is 2.20. The fraction of sp³-hybridized carbons (Fsp3) is 0.409. The number of aryl methyl sites for hydroxylation is 1. The first-order chi connectivity index (χ1) is 15.2. The molecule has 8 nitrogen and oxygen atoms in total. The molecule has 9 heteroatoms. The molecule has 0 bridgehead atoms. The molecule has 0 N–H and O–H groups in total. The molecule has 0 aliphatic carbocycles. The summed E-state index contributed by atoms with van der Waals surface area (Å²) in [5.74, 6) is -0.700. The number of para-hydroxylation sites is 2. The average molecular weight is 440 g/mol. The molecule has 0 amide bonds. The summed E-state index contributed by atoms with van der Waals surface area (Å²) >= 11 is 1.33. The lowest BCUT2D eigenvalue weighted by Crippen LogP contribution is -2.29. The van der Waals surface area contributed by atoms with Gasteiger partial charge >= 0.3 is 5.97 Å². The highest BCUT2D eigenvalue weighted by molar-refractivity contribution is 7.11. The van der Waals surface area contributed by atoms with Crippen LogP contribution < -0.4 is 5.56 Å². The van der Waals surface area contributed by atoms with E-state index in [1.165, 1.54) is 11.3 Å². The number of thiophene rings is 1. The van der Waals surface area contributed by atoms with Crippen molar-refractivity contribution in [3.63, 3.8) is 0 Å². The summed E-state index contributed by atoms with van der Waals surface area (Å²) in [6.45, 7) is 3.04. The summed E-state index contributed by atoms with van der Waals surface area (Å²) < 4.78 is 7.08. The second-order valence-corrected chi connectivity index (χ2v) is 8.11. The van der Waals surface area contributed by atoms with Crippen LogP contribution >= 0.6 is 11.3 Å². The summed E-state index contributed by atoms with van der Waals surface area (Å²) in [5.41, 5.74) is 10.6. The maximum Gasteiger partial charge on any atom is 0.348 e. The van der Waals surface area contributed by atoms with Gasteiger partial charge in [0.2, 0.25) is 0 Å². The first-order valence-electron chi connectivity index (χ1n) is 10.4. The summed E-state index contributed by atoms with van der Waals surface area (Å²) in [6.07, 6.45) is 2.90. The zero-order valence-electron chi connectivity index (χ0n) is 17.4. The number of nitrogens with zero attached hydrogens (tertiary/aromatic N) is 5. The molecular formula is C22H25N5O3S. The lowest BCUT2D eigenvalue weighted by Gasteiger charge is -2.17. The van der Waals surface area contributed by atoms with Crippen molar-refractivity contribution in [1.29, 1.82) is 0 Å². The van der Waals surface area contributed by atoms with E-state index >= 15 is 0 Å². The maximum atomic E-state index is 13.3. The Hall–Kier alpha value is -3.16. The minimum absolute atomic E-state index is 0.129. The summed E-state index contributed by atoms with van der Waals surface area (Å²) in [4.78, 5) is 33.3. The minimum Gasteiger partial charge on any atom is -0.462 e. The van der Waals surface area contributed by atoms with Crippen LogP contribution in [0.3, 0.4) is 0 Å². The lowest BCUT2D eigenvalue weighted by atomic mass is 9.99. The van der Waals surface area contributed by atoms with Gasteiger partial charge in [-0.1, -0.05) is 36.7 Å². The Labute approximate surface area is 184 Å². The van der Waals surface area contributed by atoms with E-state index in [0.717, 1.165) is 23.9 Å². The van der Waals surface area contributed by atoms with E-state index < -0.39 is 0 Å². The van der Waals surface area contributed by atoms with Gasteiger partial charge in [-0.2, -0.15) is 0 Å². The first-order valence-corrected chi connectivity index (χ1v) is 11.2. The first kappa shape index (κ1) is 22.5. The van der Waals surface area contributed by atoms with Crippen LogP contribution in [0.2, 0.25) is 0 Å². The number of hydrogen-bond acceptors (Lipinski definition) is 6. The van der Waals surface area contributed by atoms with Gasteiger partial charge in [-0.05, 0) is 48.4 Å². The van der Waals surface area contributed by atoms with Crippen LogP contribution in [0.4, 0.5) is 0 Å². The van der Waals surface area contributed by atoms with Gasteiger partial charge in [0.15, 0.2) is 0 Å². The number of rotatable bonds is 11. The zero-order chi connectivity index (χ0) is 22.1. The number of carbonyl (C=O) groups excluding carboxylic acids is 1. The molecule has 1 atom stereocenters. The Balaban J connectivity index is 1.80. The Morgan fingerprint density at radius 1 is 1.29 bits per heavy atom. The van der Waals surface area contributed by atoms with Gasteiger partial charge in [-0.15, -0.1) is 11.3 Å². The molecule has 31 heavy (non-hydrogen) atoms. The molecule has 0 spiro atoms. The van der Waals surface area contributed by atoms with E-state index in [2.05, 4.69) is 21.9 Å². The number of ether oxygens (including phenoxy) is 1. The van der Waals surface area contributed by atoms with Crippen molar-refractivity contribution >= 4 is 28.3 Å². The highest BCUT2D eigenvalue weighted by atomic mass is 32.1. The molecule has 0 aliphatic heterocycles. The SMILES string of the molecule is CCCCn1c(=O)c([C@H](CCCOC(=O)c2cccs2)CN=[N+]=[N-])nc2ccccc21. The van der Waals surface area contributed by atoms with Crippen LogP contribution in [-0.4, -0.2) is 28.7 Å². The summed E-state index contributed by atoms with van der Waals surface area (Å²) in [6, 6.07) is 11.1. The minimum atomic E-state index is -0.354. The van der Waals surface area contributed by atoms with Gasteiger partial charge in [0.25, 0.3) is 5.56 Å². The number of hydrogen-bond donors (Lipinski definition) is 0. The normalized spacial score (nSPS) is 11.8. The summed E-state index contributed by atoms with van der Waals surface area (Å²) in [7, 11) is 0. The molecule has 1 aromatic carbocycles. The van der Waals surface area contributed by atoms with Gasteiger partial charge < -0.3 is 9.30 Å². The molecule has 0 radical (unpaired) electrons. The van der Waals surface area contributed by atoms with Crippen LogP contribution in [0.1, 0.15) is 53.9 Å². The van der Waals surface area contributed by atoms with Crippen LogP contribution in [0.15, 0.2) is 51.7 Å². The standard InChI is InChI=1S/C22H25N5O3S/c1-2-3-12-27-18-10-5-4-9-17(18)25-20(21(27)28)16(15-24-26-23)8-6-13-30-22(29)19-11-7-14-31-19/h4-5,7,9-11,14,16H,2-3,6,8,12-13,15H2,1H3/t16-/m1/s1. The highest BCUT2D eigenvalue weighted by Crippen LogP contribution is 2.21. The number of unbranched alkanes of at least 4 members (excludes halogenated alkanes) is 1. The molecule has 0 unspecified atom stereocenters. The van der Waals surface area contributed by atoms with E-state index in [1.807, 2.05) is 29.6 Å². The van der Waals surface area contributed by atoms with Crippen LogP contribution in [0.5, 0.6) is 0 Å². The molecule has 162 valence electrons. The third kappa shape index (κ3) is 5.71. The number of benzene rings is 1. The van der Waals surface area contributed by atoms with Crippen molar-refractivity contribution in [2.45, 2.75) is 45.1 Å². The molecule has 0 aliphatic rings. The molecular weight excluding hydrogens is 414 g/mol. The van der Waals surface area contributed by atoms with Crippen LogP contribution in [0, 0.1) is 0 Å². The van der Waals surface area contributed by atoms with Gasteiger partial charge in [-0.3, -0.25) is 4.79 Å². The monoisotopic (exact) mass is 439 g/mol. The average Bonchev–Trinajstić information content (AvgIpc) is 3.33. The van der Waals surface area contributed by atoms with Gasteiger partial charge in [-0.25, -0.2) is 9.78 Å². The fourth-order valence-corrected chi connectivity index (χ4v) is 4.04. The van der Waals surface area contributed by atoms with Gasteiger partial charge in [0, 0.05) is 23.9 Å².